The van der Waals surface area contributed by atoms with Gasteiger partial charge >= 0.3 is 5.76 Å². The fourth-order valence-corrected chi connectivity index (χ4v) is 4.47. The van der Waals surface area contributed by atoms with Crippen molar-refractivity contribution in [3.63, 3.8) is 0 Å². The molecule has 0 saturated carbocycles. The van der Waals surface area contributed by atoms with Crippen LogP contribution in [0.1, 0.15) is 17.1 Å². The van der Waals surface area contributed by atoms with Crippen molar-refractivity contribution >= 4 is 11.6 Å². The van der Waals surface area contributed by atoms with Crippen LogP contribution in [0, 0.1) is 6.92 Å². The van der Waals surface area contributed by atoms with Crippen molar-refractivity contribution in [3.8, 4) is 28.5 Å². The highest BCUT2D eigenvalue weighted by atomic mass is 35.5. The van der Waals surface area contributed by atoms with E-state index in [1.54, 1.807) is 35.0 Å². The molecule has 0 radical (unpaired) electrons. The van der Waals surface area contributed by atoms with Crippen molar-refractivity contribution in [2.45, 2.75) is 26.4 Å². The van der Waals surface area contributed by atoms with E-state index in [1.165, 1.54) is 7.05 Å². The highest BCUT2D eigenvalue weighted by molar-refractivity contribution is 6.31. The number of halogens is 1. The Balaban J connectivity index is 1.40. The van der Waals surface area contributed by atoms with Crippen LogP contribution >= 0.6 is 11.6 Å². The summed E-state index contributed by atoms with van der Waals surface area (Å²) in [6, 6.07) is 8.88. The first-order chi connectivity index (χ1) is 17.3. The number of aryl methyl sites for hydroxylation is 2. The Morgan fingerprint density at radius 2 is 2.00 bits per heavy atom. The summed E-state index contributed by atoms with van der Waals surface area (Å²) in [6.07, 6.45) is 2.38. The Bertz CT molecular complexity index is 1560. The lowest BCUT2D eigenvalue weighted by Gasteiger charge is -2.25. The van der Waals surface area contributed by atoms with Gasteiger partial charge in [0.2, 0.25) is 0 Å². The number of hydrogen-bond donors (Lipinski definition) is 0. The molecule has 5 rings (SSSR count). The molecule has 0 fully saturated rings. The van der Waals surface area contributed by atoms with E-state index >= 15 is 0 Å². The quantitative estimate of drug-likeness (QED) is 0.391. The molecule has 0 atom stereocenters. The van der Waals surface area contributed by atoms with Crippen LogP contribution in [0.5, 0.6) is 5.75 Å². The average molecular weight is 509 g/mol. The number of fused-ring (bicyclic) bond motifs is 1. The van der Waals surface area contributed by atoms with Crippen LogP contribution < -0.4 is 16.1 Å². The molecule has 4 aromatic rings. The van der Waals surface area contributed by atoms with Gasteiger partial charge in [0.25, 0.3) is 11.4 Å². The van der Waals surface area contributed by atoms with Gasteiger partial charge in [0.05, 0.1) is 17.8 Å². The summed E-state index contributed by atoms with van der Waals surface area (Å²) in [6.45, 7) is 3.97. The number of nitrogens with zero attached hydrogens (tertiary/aromatic N) is 6. The van der Waals surface area contributed by atoms with Crippen molar-refractivity contribution in [2.24, 2.45) is 7.05 Å². The molecule has 186 valence electrons. The summed E-state index contributed by atoms with van der Waals surface area (Å²) >= 11 is 6.29. The van der Waals surface area contributed by atoms with Crippen LogP contribution in [0.25, 0.3) is 22.7 Å². The van der Waals surface area contributed by atoms with E-state index in [9.17, 15) is 9.59 Å². The molecule has 0 N–H and O–H groups in total. The van der Waals surface area contributed by atoms with Gasteiger partial charge in [-0.2, -0.15) is 4.68 Å². The molecule has 3 aromatic heterocycles. The molecular formula is C25H25ClN6O4. The lowest BCUT2D eigenvalue weighted by atomic mass is 10.0. The second-order valence-electron chi connectivity index (χ2n) is 8.74. The lowest BCUT2D eigenvalue weighted by Crippen LogP contribution is -2.37. The molecule has 10 nitrogen and oxygen atoms in total. The summed E-state index contributed by atoms with van der Waals surface area (Å²) in [5.41, 5.74) is 3.54. The van der Waals surface area contributed by atoms with Gasteiger partial charge in [-0.15, -0.1) is 5.10 Å². The molecular weight excluding hydrogens is 484 g/mol. The maximum atomic E-state index is 13.1. The molecule has 36 heavy (non-hydrogen) atoms. The monoisotopic (exact) mass is 508 g/mol. The Kier molecular flexibility index (Phi) is 6.46. The topological polar surface area (TPSA) is 108 Å². The maximum absolute atomic E-state index is 13.1. The minimum Gasteiger partial charge on any atom is -0.491 e. The summed E-state index contributed by atoms with van der Waals surface area (Å²) in [7, 11) is 3.51. The minimum atomic E-state index is -0.571. The van der Waals surface area contributed by atoms with Crippen molar-refractivity contribution < 1.29 is 9.15 Å². The van der Waals surface area contributed by atoms with Gasteiger partial charge in [0.15, 0.2) is 0 Å². The lowest BCUT2D eigenvalue weighted by molar-refractivity contribution is 0.286. The molecule has 0 saturated heterocycles. The molecule has 0 spiro atoms. The maximum Gasteiger partial charge on any atom is 0.437 e. The number of benzene rings is 1. The molecule has 0 aliphatic carbocycles. The van der Waals surface area contributed by atoms with E-state index in [2.05, 4.69) is 20.0 Å². The third-order valence-corrected chi connectivity index (χ3v) is 6.43. The van der Waals surface area contributed by atoms with Gasteiger partial charge < -0.3 is 14.1 Å². The number of rotatable bonds is 6. The highest BCUT2D eigenvalue weighted by Crippen LogP contribution is 2.34. The first-order valence-electron chi connectivity index (χ1n) is 11.5. The standard InChI is InChI=1S/C25H25ClN6O4/c1-15-28-20-7-9-30(2)14-19(20)24(33)32(15)10-11-35-22-5-4-17(26)13-18(22)16-6-8-27-21(12-16)23-29-31(3)25(34)36-23/h4-6,8,12-13H,7,9-11,14H2,1-3H3. The van der Waals surface area contributed by atoms with Crippen LogP contribution in [0.2, 0.25) is 5.02 Å². The number of pyridine rings is 1. The Labute approximate surface area is 211 Å². The molecule has 4 heterocycles. The third-order valence-electron chi connectivity index (χ3n) is 6.19. The zero-order chi connectivity index (χ0) is 25.4. The Hall–Kier alpha value is -3.76. The van der Waals surface area contributed by atoms with Crippen molar-refractivity contribution in [1.29, 1.82) is 0 Å². The third kappa shape index (κ3) is 4.69. The van der Waals surface area contributed by atoms with Gasteiger partial charge in [-0.1, -0.05) is 11.6 Å². The molecule has 1 aliphatic rings. The smallest absolute Gasteiger partial charge is 0.437 e. The number of ether oxygens (including phenoxy) is 1. The van der Waals surface area contributed by atoms with E-state index in [1.807, 2.05) is 20.0 Å². The molecule has 0 amide bonds. The first-order valence-corrected chi connectivity index (χ1v) is 11.9. The summed E-state index contributed by atoms with van der Waals surface area (Å²) in [4.78, 5) is 35.9. The number of aromatic nitrogens is 5. The Morgan fingerprint density at radius 3 is 2.78 bits per heavy atom. The summed E-state index contributed by atoms with van der Waals surface area (Å²) < 4.78 is 14.1. The van der Waals surface area contributed by atoms with Crippen molar-refractivity contribution in [2.75, 3.05) is 20.2 Å². The second kappa shape index (κ2) is 9.71. The predicted molar refractivity (Wildman–Crippen MR) is 134 cm³/mol. The van der Waals surface area contributed by atoms with Gasteiger partial charge in [-0.25, -0.2) is 9.78 Å². The van der Waals surface area contributed by atoms with E-state index in [0.717, 1.165) is 40.0 Å². The van der Waals surface area contributed by atoms with Gasteiger partial charge in [-0.3, -0.25) is 14.3 Å². The van der Waals surface area contributed by atoms with E-state index in [4.69, 9.17) is 20.8 Å². The summed E-state index contributed by atoms with van der Waals surface area (Å²) in [5.74, 6) is 0.821. The van der Waals surface area contributed by atoms with E-state index in [0.29, 0.717) is 35.4 Å². The van der Waals surface area contributed by atoms with Crippen LogP contribution in [0.3, 0.4) is 0 Å². The first kappa shape index (κ1) is 24.0. The van der Waals surface area contributed by atoms with Crippen LogP contribution in [-0.4, -0.2) is 49.4 Å². The zero-order valence-electron chi connectivity index (χ0n) is 20.2. The van der Waals surface area contributed by atoms with Crippen LogP contribution in [-0.2, 0) is 26.6 Å². The molecule has 0 bridgehead atoms. The highest BCUT2D eigenvalue weighted by Gasteiger charge is 2.20. The number of hydrogen-bond acceptors (Lipinski definition) is 8. The molecule has 1 aliphatic heterocycles. The van der Waals surface area contributed by atoms with Crippen LogP contribution in [0.4, 0.5) is 0 Å². The summed E-state index contributed by atoms with van der Waals surface area (Å²) in [5, 5.41) is 4.60. The zero-order valence-corrected chi connectivity index (χ0v) is 20.9. The normalized spacial score (nSPS) is 13.6. The molecule has 11 heteroatoms. The Morgan fingerprint density at radius 1 is 1.17 bits per heavy atom. The predicted octanol–water partition coefficient (Wildman–Crippen LogP) is 2.69. The SMILES string of the molecule is Cc1nc2c(c(=O)n1CCOc1ccc(Cl)cc1-c1ccnc(-c3nn(C)c(=O)o3)c1)CN(C)CC2. The fourth-order valence-electron chi connectivity index (χ4n) is 4.30. The molecule has 1 aromatic carbocycles. The van der Waals surface area contributed by atoms with E-state index < -0.39 is 5.76 Å². The molecule has 0 unspecified atom stereocenters. The second-order valence-corrected chi connectivity index (χ2v) is 9.18. The minimum absolute atomic E-state index is 0.0143. The van der Waals surface area contributed by atoms with Crippen LogP contribution in [0.15, 0.2) is 50.5 Å². The average Bonchev–Trinajstić information content (AvgIpc) is 3.20. The van der Waals surface area contributed by atoms with Gasteiger partial charge in [-0.05, 0) is 49.9 Å². The van der Waals surface area contributed by atoms with Crippen molar-refractivity contribution in [3.05, 3.63) is 79.5 Å². The van der Waals surface area contributed by atoms with Gasteiger partial charge in [0, 0.05) is 43.3 Å². The fraction of sp³-hybridized carbons (Fsp3) is 0.320. The largest absolute Gasteiger partial charge is 0.491 e. The van der Waals surface area contributed by atoms with Crippen molar-refractivity contribution in [1.82, 2.24) is 29.2 Å². The number of likely N-dealkylation sites (N-methyl/N-ethyl adjacent to an activating group) is 1. The van der Waals surface area contributed by atoms with E-state index in [-0.39, 0.29) is 18.1 Å². The van der Waals surface area contributed by atoms with Gasteiger partial charge in [0.1, 0.15) is 23.9 Å².